The average Bonchev–Trinajstić information content (AvgIpc) is 3.37. The number of benzene rings is 3. The Morgan fingerprint density at radius 3 is 2.32 bits per heavy atom. The van der Waals surface area contributed by atoms with Gasteiger partial charge < -0.3 is 24.8 Å². The van der Waals surface area contributed by atoms with Gasteiger partial charge in [-0.3, -0.25) is 4.79 Å². The van der Waals surface area contributed by atoms with Crippen molar-refractivity contribution in [1.29, 1.82) is 0 Å². The number of ether oxygens (including phenoxy) is 3. The van der Waals surface area contributed by atoms with Crippen LogP contribution in [0.3, 0.4) is 0 Å². The maximum atomic E-state index is 13.4. The van der Waals surface area contributed by atoms with E-state index in [0.29, 0.717) is 39.3 Å². The number of amides is 1. The number of carbonyl (C=O) groups is 1. The van der Waals surface area contributed by atoms with Crippen molar-refractivity contribution in [3.05, 3.63) is 100 Å². The monoisotopic (exact) mass is 530 g/mol. The topological polar surface area (TPSA) is 86.6 Å². The summed E-state index contributed by atoms with van der Waals surface area (Å²) >= 11 is 6.14. The quantitative estimate of drug-likeness (QED) is 0.297. The van der Waals surface area contributed by atoms with E-state index in [4.69, 9.17) is 25.8 Å². The van der Waals surface area contributed by atoms with Gasteiger partial charge in [0.05, 0.1) is 27.5 Å². The SMILES string of the molecule is COc1ccc(C2C=C(c3ccc(Cl)cc3)Nc3c(C(=O)Nc4ccc(C)cc4)cnn32)c(OC)c1OC. The molecule has 0 saturated heterocycles. The second-order valence-electron chi connectivity index (χ2n) is 8.75. The van der Waals surface area contributed by atoms with Crippen LogP contribution in [0.5, 0.6) is 17.2 Å². The molecule has 1 aliphatic heterocycles. The van der Waals surface area contributed by atoms with E-state index in [1.54, 1.807) is 32.2 Å². The van der Waals surface area contributed by atoms with Gasteiger partial charge in [-0.25, -0.2) is 4.68 Å². The molecule has 0 bridgehead atoms. The third-order valence-corrected chi connectivity index (χ3v) is 6.65. The lowest BCUT2D eigenvalue weighted by Gasteiger charge is -2.28. The molecule has 1 aliphatic rings. The molecule has 2 N–H and O–H groups in total. The molecule has 0 spiro atoms. The number of hydrogen-bond donors (Lipinski definition) is 2. The predicted molar refractivity (Wildman–Crippen MR) is 149 cm³/mol. The Labute approximate surface area is 225 Å². The molecule has 0 aliphatic carbocycles. The number of nitrogens with zero attached hydrogens (tertiary/aromatic N) is 2. The number of halogens is 1. The molecule has 1 unspecified atom stereocenters. The van der Waals surface area contributed by atoms with Gasteiger partial charge in [0.25, 0.3) is 5.91 Å². The smallest absolute Gasteiger partial charge is 0.261 e. The Bertz CT molecular complexity index is 1510. The standard InChI is InChI=1S/C29H27ClN4O4/c1-17-5-11-20(12-6-17)32-29(35)22-16-31-34-24(21-13-14-25(36-2)27(38-4)26(21)37-3)15-23(33-28(22)34)18-7-9-19(30)10-8-18/h5-16,24,33H,1-4H3,(H,32,35). The summed E-state index contributed by atoms with van der Waals surface area (Å²) in [6.07, 6.45) is 3.58. The van der Waals surface area contributed by atoms with Crippen LogP contribution in [0.2, 0.25) is 5.02 Å². The number of methoxy groups -OCH3 is 3. The van der Waals surface area contributed by atoms with Gasteiger partial charge in [0.2, 0.25) is 5.75 Å². The highest BCUT2D eigenvalue weighted by molar-refractivity contribution is 6.30. The predicted octanol–water partition coefficient (Wildman–Crippen LogP) is 6.18. The fourth-order valence-electron chi connectivity index (χ4n) is 4.47. The van der Waals surface area contributed by atoms with Gasteiger partial charge in [-0.2, -0.15) is 5.10 Å². The lowest BCUT2D eigenvalue weighted by molar-refractivity contribution is 0.102. The molecule has 1 atom stereocenters. The molecule has 0 radical (unpaired) electrons. The molecular weight excluding hydrogens is 504 g/mol. The first kappa shape index (κ1) is 25.2. The fourth-order valence-corrected chi connectivity index (χ4v) is 4.60. The molecule has 0 fully saturated rings. The van der Waals surface area contributed by atoms with Gasteiger partial charge in [0.1, 0.15) is 17.4 Å². The Morgan fingerprint density at radius 2 is 1.66 bits per heavy atom. The number of aryl methyl sites for hydroxylation is 1. The number of aromatic nitrogens is 2. The first-order valence-corrected chi connectivity index (χ1v) is 12.3. The van der Waals surface area contributed by atoms with Crippen molar-refractivity contribution in [3.63, 3.8) is 0 Å². The van der Waals surface area contributed by atoms with Crippen LogP contribution >= 0.6 is 11.6 Å². The average molecular weight is 531 g/mol. The minimum absolute atomic E-state index is 0.280. The zero-order chi connectivity index (χ0) is 26.8. The lowest BCUT2D eigenvalue weighted by atomic mass is 9.99. The van der Waals surface area contributed by atoms with Crippen LogP contribution in [0.15, 0.2) is 72.9 Å². The van der Waals surface area contributed by atoms with Crippen molar-refractivity contribution in [2.75, 3.05) is 32.0 Å². The van der Waals surface area contributed by atoms with Crippen LogP contribution in [0, 0.1) is 6.92 Å². The van der Waals surface area contributed by atoms with E-state index in [1.165, 1.54) is 0 Å². The van der Waals surface area contributed by atoms with Crippen LogP contribution in [0.4, 0.5) is 11.5 Å². The van der Waals surface area contributed by atoms with E-state index in [-0.39, 0.29) is 5.91 Å². The summed E-state index contributed by atoms with van der Waals surface area (Å²) in [5, 5.41) is 11.6. The van der Waals surface area contributed by atoms with E-state index >= 15 is 0 Å². The summed E-state index contributed by atoms with van der Waals surface area (Å²) in [5.41, 5.74) is 4.68. The number of hydrogen-bond acceptors (Lipinski definition) is 6. The van der Waals surface area contributed by atoms with E-state index in [0.717, 1.165) is 22.4 Å². The summed E-state index contributed by atoms with van der Waals surface area (Å²) in [4.78, 5) is 13.4. The minimum Gasteiger partial charge on any atom is -0.493 e. The van der Waals surface area contributed by atoms with Crippen LogP contribution < -0.4 is 24.8 Å². The molecular formula is C29H27ClN4O4. The highest BCUT2D eigenvalue weighted by atomic mass is 35.5. The number of allylic oxidation sites excluding steroid dienone is 1. The van der Waals surface area contributed by atoms with Gasteiger partial charge in [0.15, 0.2) is 11.5 Å². The molecule has 0 saturated carbocycles. The van der Waals surface area contributed by atoms with E-state index < -0.39 is 6.04 Å². The summed E-state index contributed by atoms with van der Waals surface area (Å²) < 4.78 is 18.6. The first-order valence-electron chi connectivity index (χ1n) is 11.9. The van der Waals surface area contributed by atoms with Gasteiger partial charge >= 0.3 is 0 Å². The Balaban J connectivity index is 1.62. The van der Waals surface area contributed by atoms with Crippen LogP contribution in [-0.2, 0) is 0 Å². The molecule has 2 heterocycles. The summed E-state index contributed by atoms with van der Waals surface area (Å²) in [7, 11) is 4.72. The number of carbonyl (C=O) groups excluding carboxylic acids is 1. The van der Waals surface area contributed by atoms with Gasteiger partial charge in [-0.05, 0) is 55.0 Å². The molecule has 5 rings (SSSR count). The van der Waals surface area contributed by atoms with Crippen molar-refractivity contribution >= 4 is 34.7 Å². The first-order chi connectivity index (χ1) is 18.4. The van der Waals surface area contributed by atoms with Crippen molar-refractivity contribution in [3.8, 4) is 17.2 Å². The minimum atomic E-state index is -0.424. The third kappa shape index (κ3) is 4.66. The number of nitrogens with one attached hydrogen (secondary N) is 2. The summed E-state index contributed by atoms with van der Waals surface area (Å²) in [6.45, 7) is 2.00. The van der Waals surface area contributed by atoms with E-state index in [1.807, 2.05) is 73.7 Å². The van der Waals surface area contributed by atoms with Crippen LogP contribution in [0.25, 0.3) is 5.70 Å². The summed E-state index contributed by atoms with van der Waals surface area (Å²) in [6, 6.07) is 18.4. The largest absolute Gasteiger partial charge is 0.493 e. The number of rotatable bonds is 7. The second kappa shape index (κ2) is 10.5. The number of fused-ring (bicyclic) bond motifs is 1. The third-order valence-electron chi connectivity index (χ3n) is 6.40. The zero-order valence-corrected chi connectivity index (χ0v) is 22.2. The maximum Gasteiger partial charge on any atom is 0.261 e. The maximum absolute atomic E-state index is 13.4. The molecule has 3 aromatic carbocycles. The highest BCUT2D eigenvalue weighted by Gasteiger charge is 2.31. The van der Waals surface area contributed by atoms with Crippen molar-refractivity contribution in [2.45, 2.75) is 13.0 Å². The molecule has 4 aromatic rings. The molecule has 194 valence electrons. The normalized spacial score (nSPS) is 14.1. The highest BCUT2D eigenvalue weighted by Crippen LogP contribution is 2.45. The van der Waals surface area contributed by atoms with Gasteiger partial charge in [-0.15, -0.1) is 0 Å². The van der Waals surface area contributed by atoms with Gasteiger partial charge in [-0.1, -0.05) is 41.4 Å². The summed E-state index contributed by atoms with van der Waals surface area (Å²) in [5.74, 6) is 1.79. The van der Waals surface area contributed by atoms with Gasteiger partial charge in [0, 0.05) is 22.0 Å². The molecule has 8 nitrogen and oxygen atoms in total. The Morgan fingerprint density at radius 1 is 0.947 bits per heavy atom. The fraction of sp³-hybridized carbons (Fsp3) is 0.172. The Kier molecular flexibility index (Phi) is 6.98. The molecule has 1 aromatic heterocycles. The van der Waals surface area contributed by atoms with Crippen molar-refractivity contribution in [1.82, 2.24) is 9.78 Å². The second-order valence-corrected chi connectivity index (χ2v) is 9.19. The lowest BCUT2D eigenvalue weighted by Crippen LogP contribution is -2.22. The zero-order valence-electron chi connectivity index (χ0n) is 21.4. The molecule has 9 heteroatoms. The number of anilines is 2. The Hall–Kier alpha value is -4.43. The molecule has 1 amide bonds. The van der Waals surface area contributed by atoms with Crippen LogP contribution in [0.1, 0.15) is 33.1 Å². The van der Waals surface area contributed by atoms with E-state index in [9.17, 15) is 4.79 Å². The van der Waals surface area contributed by atoms with E-state index in [2.05, 4.69) is 15.7 Å². The van der Waals surface area contributed by atoms with Crippen LogP contribution in [-0.4, -0.2) is 37.0 Å². The molecule has 38 heavy (non-hydrogen) atoms. The van der Waals surface area contributed by atoms with Crippen molar-refractivity contribution < 1.29 is 19.0 Å². The van der Waals surface area contributed by atoms with Crippen molar-refractivity contribution in [2.24, 2.45) is 0 Å².